The fourth-order valence-corrected chi connectivity index (χ4v) is 3.39. The SMILES string of the molecule is CC1CCN(c2ccc(NC(=O)c3cnc(Nc4ccccc4)nc3)cc2)CC1. The molecule has 29 heavy (non-hydrogen) atoms. The first-order valence-electron chi connectivity index (χ1n) is 9.98. The minimum Gasteiger partial charge on any atom is -0.372 e. The highest BCUT2D eigenvalue weighted by Crippen LogP contribution is 2.24. The van der Waals surface area contributed by atoms with Gasteiger partial charge in [0.25, 0.3) is 5.91 Å². The predicted octanol–water partition coefficient (Wildman–Crippen LogP) is 4.71. The molecule has 2 aromatic carbocycles. The van der Waals surface area contributed by atoms with Crippen molar-refractivity contribution >= 4 is 28.9 Å². The van der Waals surface area contributed by atoms with Crippen molar-refractivity contribution in [2.75, 3.05) is 28.6 Å². The van der Waals surface area contributed by atoms with Crippen LogP contribution in [-0.2, 0) is 0 Å². The van der Waals surface area contributed by atoms with E-state index in [0.29, 0.717) is 11.5 Å². The highest BCUT2D eigenvalue weighted by molar-refractivity contribution is 6.04. The smallest absolute Gasteiger partial charge is 0.258 e. The van der Waals surface area contributed by atoms with E-state index in [0.717, 1.165) is 30.4 Å². The number of nitrogens with one attached hydrogen (secondary N) is 2. The molecule has 0 atom stereocenters. The van der Waals surface area contributed by atoms with Gasteiger partial charge in [-0.25, -0.2) is 9.97 Å². The van der Waals surface area contributed by atoms with E-state index in [1.165, 1.54) is 30.9 Å². The van der Waals surface area contributed by atoms with Crippen molar-refractivity contribution in [2.24, 2.45) is 5.92 Å². The molecule has 1 saturated heterocycles. The van der Waals surface area contributed by atoms with Crippen LogP contribution < -0.4 is 15.5 Å². The summed E-state index contributed by atoms with van der Waals surface area (Å²) in [5.41, 5.74) is 3.27. The zero-order valence-corrected chi connectivity index (χ0v) is 16.5. The molecule has 0 bridgehead atoms. The van der Waals surface area contributed by atoms with Crippen molar-refractivity contribution in [3.8, 4) is 0 Å². The fourth-order valence-electron chi connectivity index (χ4n) is 3.39. The van der Waals surface area contributed by atoms with Crippen molar-refractivity contribution in [2.45, 2.75) is 19.8 Å². The van der Waals surface area contributed by atoms with E-state index < -0.39 is 0 Å². The van der Waals surface area contributed by atoms with Gasteiger partial charge in [0.2, 0.25) is 5.95 Å². The van der Waals surface area contributed by atoms with Gasteiger partial charge in [0.15, 0.2) is 0 Å². The second-order valence-electron chi connectivity index (χ2n) is 7.46. The molecular weight excluding hydrogens is 362 g/mol. The lowest BCUT2D eigenvalue weighted by Crippen LogP contribution is -2.32. The van der Waals surface area contributed by atoms with Gasteiger partial charge < -0.3 is 15.5 Å². The summed E-state index contributed by atoms with van der Waals surface area (Å²) in [5.74, 6) is 1.03. The highest BCUT2D eigenvalue weighted by Gasteiger charge is 2.16. The number of para-hydroxylation sites is 1. The van der Waals surface area contributed by atoms with Crippen LogP contribution in [0.25, 0.3) is 0 Å². The first kappa shape index (κ1) is 18.9. The number of hydrogen-bond acceptors (Lipinski definition) is 5. The van der Waals surface area contributed by atoms with Gasteiger partial charge in [0, 0.05) is 42.5 Å². The first-order valence-corrected chi connectivity index (χ1v) is 9.98. The molecule has 1 amide bonds. The standard InChI is InChI=1S/C23H25N5O/c1-17-11-13-28(14-12-17)21-9-7-20(8-10-21)26-22(29)18-15-24-23(25-16-18)27-19-5-3-2-4-6-19/h2-10,15-17H,11-14H2,1H3,(H,26,29)(H,24,25,27). The summed E-state index contributed by atoms with van der Waals surface area (Å²) in [7, 11) is 0. The Hall–Kier alpha value is -3.41. The van der Waals surface area contributed by atoms with E-state index in [4.69, 9.17) is 0 Å². The lowest BCUT2D eigenvalue weighted by Gasteiger charge is -2.32. The number of amides is 1. The lowest BCUT2D eigenvalue weighted by molar-refractivity contribution is 0.102. The molecule has 1 aromatic heterocycles. The number of benzene rings is 2. The van der Waals surface area contributed by atoms with Crippen molar-refractivity contribution < 1.29 is 4.79 Å². The zero-order chi connectivity index (χ0) is 20.1. The minimum absolute atomic E-state index is 0.226. The maximum atomic E-state index is 12.5. The second kappa shape index (κ2) is 8.73. The van der Waals surface area contributed by atoms with Crippen LogP contribution >= 0.6 is 0 Å². The maximum absolute atomic E-state index is 12.5. The summed E-state index contributed by atoms with van der Waals surface area (Å²) in [4.78, 5) is 23.3. The van der Waals surface area contributed by atoms with Gasteiger partial charge in [0.05, 0.1) is 5.56 Å². The Morgan fingerprint density at radius 1 is 0.931 bits per heavy atom. The van der Waals surface area contributed by atoms with Crippen LogP contribution in [0.2, 0.25) is 0 Å². The van der Waals surface area contributed by atoms with Crippen LogP contribution in [0.15, 0.2) is 67.0 Å². The number of carbonyl (C=O) groups is 1. The van der Waals surface area contributed by atoms with Gasteiger partial charge in [-0.2, -0.15) is 0 Å². The molecule has 0 radical (unpaired) electrons. The van der Waals surface area contributed by atoms with Crippen molar-refractivity contribution in [1.82, 2.24) is 9.97 Å². The number of carbonyl (C=O) groups excluding carboxylic acids is 1. The molecule has 3 aromatic rings. The van der Waals surface area contributed by atoms with E-state index >= 15 is 0 Å². The Bertz CT molecular complexity index is 933. The summed E-state index contributed by atoms with van der Waals surface area (Å²) in [5, 5.41) is 6.01. The van der Waals surface area contributed by atoms with Crippen molar-refractivity contribution in [3.05, 3.63) is 72.6 Å². The highest BCUT2D eigenvalue weighted by atomic mass is 16.1. The van der Waals surface area contributed by atoms with Crippen LogP contribution in [0.1, 0.15) is 30.1 Å². The largest absolute Gasteiger partial charge is 0.372 e. The summed E-state index contributed by atoms with van der Waals surface area (Å²) in [6, 6.07) is 17.7. The number of aromatic nitrogens is 2. The van der Waals surface area contributed by atoms with E-state index in [1.807, 2.05) is 42.5 Å². The number of hydrogen-bond donors (Lipinski definition) is 2. The van der Waals surface area contributed by atoms with E-state index in [2.05, 4.69) is 44.6 Å². The quantitative estimate of drug-likeness (QED) is 0.663. The third kappa shape index (κ3) is 4.90. The molecule has 2 N–H and O–H groups in total. The zero-order valence-electron chi connectivity index (χ0n) is 16.5. The third-order valence-electron chi connectivity index (χ3n) is 5.22. The van der Waals surface area contributed by atoms with E-state index in [-0.39, 0.29) is 5.91 Å². The molecule has 0 spiro atoms. The molecule has 148 valence electrons. The fraction of sp³-hybridized carbons (Fsp3) is 0.261. The Kier molecular flexibility index (Phi) is 5.70. The number of piperidine rings is 1. The van der Waals surface area contributed by atoms with Gasteiger partial charge in [-0.05, 0) is 55.2 Å². The second-order valence-corrected chi connectivity index (χ2v) is 7.46. The summed E-state index contributed by atoms with van der Waals surface area (Å²) >= 11 is 0. The molecule has 2 heterocycles. The minimum atomic E-state index is -0.226. The van der Waals surface area contributed by atoms with E-state index in [9.17, 15) is 4.79 Å². The van der Waals surface area contributed by atoms with E-state index in [1.54, 1.807) is 0 Å². The van der Waals surface area contributed by atoms with Gasteiger partial charge in [-0.3, -0.25) is 4.79 Å². The average Bonchev–Trinajstić information content (AvgIpc) is 2.76. The molecule has 1 aliphatic rings. The Balaban J connectivity index is 1.35. The van der Waals surface area contributed by atoms with Crippen LogP contribution in [-0.4, -0.2) is 29.0 Å². The van der Waals surface area contributed by atoms with Gasteiger partial charge in [-0.15, -0.1) is 0 Å². The Labute approximate surface area is 171 Å². The molecule has 6 heteroatoms. The summed E-state index contributed by atoms with van der Waals surface area (Å²) < 4.78 is 0. The van der Waals surface area contributed by atoms with Gasteiger partial charge in [-0.1, -0.05) is 25.1 Å². The molecule has 0 unspecified atom stereocenters. The lowest BCUT2D eigenvalue weighted by atomic mass is 9.99. The number of nitrogens with zero attached hydrogens (tertiary/aromatic N) is 3. The molecule has 1 fully saturated rings. The maximum Gasteiger partial charge on any atom is 0.258 e. The van der Waals surface area contributed by atoms with Crippen LogP contribution in [0.5, 0.6) is 0 Å². The normalized spacial score (nSPS) is 14.4. The van der Waals surface area contributed by atoms with Crippen LogP contribution in [0.3, 0.4) is 0 Å². The monoisotopic (exact) mass is 387 g/mol. The predicted molar refractivity (Wildman–Crippen MR) is 117 cm³/mol. The van der Waals surface area contributed by atoms with Crippen LogP contribution in [0, 0.1) is 5.92 Å². The summed E-state index contributed by atoms with van der Waals surface area (Å²) in [6.45, 7) is 4.49. The molecular formula is C23H25N5O. The van der Waals surface area contributed by atoms with Gasteiger partial charge in [0.1, 0.15) is 0 Å². The molecule has 0 aliphatic carbocycles. The number of rotatable bonds is 5. The number of anilines is 4. The average molecular weight is 387 g/mol. The van der Waals surface area contributed by atoms with Crippen molar-refractivity contribution in [1.29, 1.82) is 0 Å². The van der Waals surface area contributed by atoms with Gasteiger partial charge >= 0.3 is 0 Å². The Morgan fingerprint density at radius 3 is 2.24 bits per heavy atom. The van der Waals surface area contributed by atoms with Crippen LogP contribution in [0.4, 0.5) is 23.0 Å². The molecule has 1 aliphatic heterocycles. The summed E-state index contributed by atoms with van der Waals surface area (Å²) in [6.07, 6.45) is 5.51. The third-order valence-corrected chi connectivity index (χ3v) is 5.22. The first-order chi connectivity index (χ1) is 14.2. The molecule has 0 saturated carbocycles. The topological polar surface area (TPSA) is 70.2 Å². The van der Waals surface area contributed by atoms with Crippen molar-refractivity contribution in [3.63, 3.8) is 0 Å². The Morgan fingerprint density at radius 2 is 1.59 bits per heavy atom. The molecule has 6 nitrogen and oxygen atoms in total. The molecule has 4 rings (SSSR count).